The van der Waals surface area contributed by atoms with Crippen LogP contribution >= 0.6 is 0 Å². The summed E-state index contributed by atoms with van der Waals surface area (Å²) in [5.74, 6) is -0.813. The minimum atomic E-state index is -3.10. The number of ether oxygens (including phenoxy) is 2. The molecule has 1 aromatic heterocycles. The fraction of sp³-hybridized carbons (Fsp3) is 0.467. The second-order valence-electron chi connectivity index (χ2n) is 11.3. The zero-order chi connectivity index (χ0) is 28.1. The summed E-state index contributed by atoms with van der Waals surface area (Å²) in [5.41, 5.74) is 2.68. The molecule has 0 saturated heterocycles. The number of aromatic nitrogens is 1. The van der Waals surface area contributed by atoms with Gasteiger partial charge in [-0.15, -0.1) is 0 Å². The molecule has 1 saturated carbocycles. The molecule has 0 radical (unpaired) electrons. The summed E-state index contributed by atoms with van der Waals surface area (Å²) in [5, 5.41) is 9.89. The van der Waals surface area contributed by atoms with E-state index in [1.54, 1.807) is 23.6 Å². The molecule has 1 aliphatic carbocycles. The van der Waals surface area contributed by atoms with Crippen LogP contribution in [-0.2, 0) is 11.3 Å². The smallest absolute Gasteiger partial charge is 0.387 e. The first-order chi connectivity index (χ1) is 18.5. The molecule has 39 heavy (non-hydrogen) atoms. The van der Waals surface area contributed by atoms with Gasteiger partial charge in [-0.2, -0.15) is 8.78 Å². The van der Waals surface area contributed by atoms with Gasteiger partial charge in [-0.05, 0) is 61.6 Å². The Morgan fingerprint density at radius 1 is 1.21 bits per heavy atom. The van der Waals surface area contributed by atoms with Crippen LogP contribution in [0.1, 0.15) is 74.1 Å². The van der Waals surface area contributed by atoms with Crippen LogP contribution in [0.3, 0.4) is 0 Å². The Morgan fingerprint density at radius 2 is 1.95 bits per heavy atom. The van der Waals surface area contributed by atoms with Gasteiger partial charge in [0, 0.05) is 49.0 Å². The highest BCUT2D eigenvalue weighted by molar-refractivity contribution is 5.98. The Balaban J connectivity index is 1.65. The summed E-state index contributed by atoms with van der Waals surface area (Å²) in [6, 6.07) is 9.20. The van der Waals surface area contributed by atoms with Gasteiger partial charge in [-0.1, -0.05) is 26.0 Å². The lowest BCUT2D eigenvalue weighted by atomic mass is 9.93. The number of carbonyl (C=O) groups excluding carboxylic acids is 1. The van der Waals surface area contributed by atoms with Crippen molar-refractivity contribution in [2.45, 2.75) is 65.8 Å². The molecule has 9 heteroatoms. The molecular formula is C30H34F2N2O5. The number of aliphatic hydroxyl groups excluding tert-OH is 1. The second-order valence-corrected chi connectivity index (χ2v) is 11.3. The Morgan fingerprint density at radius 3 is 2.59 bits per heavy atom. The molecule has 3 aromatic rings. The number of nitrogens with zero attached hydrogens (tertiary/aromatic N) is 2. The molecule has 1 aliphatic heterocycles. The van der Waals surface area contributed by atoms with Gasteiger partial charge in [0.25, 0.3) is 0 Å². The topological polar surface area (TPSA) is 81.0 Å². The molecule has 208 valence electrons. The van der Waals surface area contributed by atoms with Gasteiger partial charge in [0.2, 0.25) is 5.43 Å². The Kier molecular flexibility index (Phi) is 7.24. The Hall–Kier alpha value is -3.30. The van der Waals surface area contributed by atoms with Crippen LogP contribution < -0.4 is 10.2 Å². The van der Waals surface area contributed by atoms with Crippen LogP contribution in [-0.4, -0.2) is 46.9 Å². The summed E-state index contributed by atoms with van der Waals surface area (Å²) in [6.45, 7) is 6.27. The molecule has 1 atom stereocenters. The maximum absolute atomic E-state index is 13.8. The van der Waals surface area contributed by atoms with Gasteiger partial charge in [-0.3, -0.25) is 9.69 Å². The molecular weight excluding hydrogens is 506 g/mol. The number of benzene rings is 2. The maximum Gasteiger partial charge on any atom is 0.387 e. The predicted molar refractivity (Wildman–Crippen MR) is 144 cm³/mol. The van der Waals surface area contributed by atoms with E-state index in [1.807, 2.05) is 32.0 Å². The molecule has 1 fully saturated rings. The highest BCUT2D eigenvalue weighted by Crippen LogP contribution is 2.44. The van der Waals surface area contributed by atoms with Crippen LogP contribution in [0.5, 0.6) is 5.75 Å². The van der Waals surface area contributed by atoms with Gasteiger partial charge < -0.3 is 19.1 Å². The zero-order valence-electron chi connectivity index (χ0n) is 22.7. The summed E-state index contributed by atoms with van der Waals surface area (Å²) < 4.78 is 39.5. The number of esters is 1. The number of alkyl halides is 2. The Labute approximate surface area is 225 Å². The van der Waals surface area contributed by atoms with Crippen LogP contribution in [0.4, 0.5) is 8.78 Å². The normalized spacial score (nSPS) is 17.6. The number of rotatable bonds is 9. The fourth-order valence-corrected chi connectivity index (χ4v) is 5.51. The fourth-order valence-electron chi connectivity index (χ4n) is 5.51. The first-order valence-electron chi connectivity index (χ1n) is 13.4. The van der Waals surface area contributed by atoms with E-state index in [9.17, 15) is 23.5 Å². The highest BCUT2D eigenvalue weighted by atomic mass is 19.3. The molecule has 0 unspecified atom stereocenters. The molecule has 7 nitrogen and oxygen atoms in total. The average molecular weight is 541 g/mol. The van der Waals surface area contributed by atoms with Crippen LogP contribution in [0, 0.1) is 5.41 Å². The van der Waals surface area contributed by atoms with Gasteiger partial charge >= 0.3 is 12.6 Å². The molecule has 1 N–H and O–H groups in total. The molecule has 0 amide bonds. The van der Waals surface area contributed by atoms with Gasteiger partial charge in [0.05, 0.1) is 17.5 Å². The average Bonchev–Trinajstić information content (AvgIpc) is 3.69. The van der Waals surface area contributed by atoms with E-state index in [4.69, 9.17) is 9.47 Å². The second kappa shape index (κ2) is 10.4. The SMILES string of the molecule is CCOC(=O)c1cn(C2CC2)c2c(OC(F)F)c(-c3ccc4c(c3)CN(CC(C)(C)CO)[C@@H]4C)ccc2c1=O. The third-order valence-electron chi connectivity index (χ3n) is 7.67. The Bertz CT molecular complexity index is 1480. The monoisotopic (exact) mass is 540 g/mol. The maximum atomic E-state index is 13.8. The van der Waals surface area contributed by atoms with Crippen molar-refractivity contribution < 1.29 is 28.2 Å². The molecule has 0 bridgehead atoms. The van der Waals surface area contributed by atoms with E-state index < -0.39 is 18.0 Å². The number of fused-ring (bicyclic) bond motifs is 2. The van der Waals surface area contributed by atoms with Crippen LogP contribution in [0.2, 0.25) is 0 Å². The lowest BCUT2D eigenvalue weighted by Crippen LogP contribution is -2.34. The van der Waals surface area contributed by atoms with E-state index in [0.717, 1.165) is 24.0 Å². The third kappa shape index (κ3) is 5.17. The van der Waals surface area contributed by atoms with E-state index in [1.165, 1.54) is 6.20 Å². The van der Waals surface area contributed by atoms with Crippen LogP contribution in [0.25, 0.3) is 22.0 Å². The zero-order valence-corrected chi connectivity index (χ0v) is 22.7. The molecule has 2 aliphatic rings. The van der Waals surface area contributed by atoms with Crippen molar-refractivity contribution in [1.82, 2.24) is 9.47 Å². The third-order valence-corrected chi connectivity index (χ3v) is 7.67. The number of pyridine rings is 1. The molecule has 2 aromatic carbocycles. The van der Waals surface area contributed by atoms with Gasteiger partial charge in [0.1, 0.15) is 5.56 Å². The number of hydrogen-bond acceptors (Lipinski definition) is 6. The quantitative estimate of drug-likeness (QED) is 0.352. The van der Waals surface area contributed by atoms with Crippen LogP contribution in [0.15, 0.2) is 41.3 Å². The van der Waals surface area contributed by atoms with E-state index >= 15 is 0 Å². The minimum absolute atomic E-state index is 0.0270. The van der Waals surface area contributed by atoms with Crippen molar-refractivity contribution in [2.75, 3.05) is 19.8 Å². The molecule has 0 spiro atoms. The van der Waals surface area contributed by atoms with E-state index in [0.29, 0.717) is 24.2 Å². The number of carbonyl (C=O) groups is 1. The van der Waals surface area contributed by atoms with Gasteiger partial charge in [0.15, 0.2) is 5.75 Å². The first-order valence-corrected chi connectivity index (χ1v) is 13.4. The molecule has 5 rings (SSSR count). The van der Waals surface area contributed by atoms with Crippen molar-refractivity contribution >= 4 is 16.9 Å². The number of aliphatic hydroxyl groups is 1. The summed E-state index contributed by atoms with van der Waals surface area (Å²) in [7, 11) is 0. The lowest BCUT2D eigenvalue weighted by Gasteiger charge is -2.31. The molecule has 2 heterocycles. The standard InChI is InChI=1S/C30H34F2N2O5/c1-5-38-28(37)24-14-34(20-7-8-20)25-23(26(24)36)11-10-22(27(25)39-29(31)32)18-6-9-21-17(2)33(13-19(21)12-18)15-30(3,4)16-35/h6,9-12,14,17,20,29,35H,5,7-8,13,15-16H2,1-4H3/t17-/m1/s1. The first kappa shape index (κ1) is 27.3. The summed E-state index contributed by atoms with van der Waals surface area (Å²) in [6.07, 6.45) is 3.03. The minimum Gasteiger partial charge on any atom is -0.462 e. The van der Waals surface area contributed by atoms with Crippen molar-refractivity contribution in [3.63, 3.8) is 0 Å². The summed E-state index contributed by atoms with van der Waals surface area (Å²) >= 11 is 0. The van der Waals surface area contributed by atoms with Gasteiger partial charge in [-0.25, -0.2) is 4.79 Å². The van der Waals surface area contributed by atoms with Crippen molar-refractivity contribution in [1.29, 1.82) is 0 Å². The number of hydrogen-bond donors (Lipinski definition) is 1. The van der Waals surface area contributed by atoms with Crippen molar-refractivity contribution in [2.24, 2.45) is 5.41 Å². The van der Waals surface area contributed by atoms with Crippen molar-refractivity contribution in [3.8, 4) is 16.9 Å². The lowest BCUT2D eigenvalue weighted by molar-refractivity contribution is -0.0486. The predicted octanol–water partition coefficient (Wildman–Crippen LogP) is 5.68. The van der Waals surface area contributed by atoms with E-state index in [-0.39, 0.29) is 52.9 Å². The van der Waals surface area contributed by atoms with E-state index in [2.05, 4.69) is 11.8 Å². The largest absolute Gasteiger partial charge is 0.462 e. The number of halogens is 2. The summed E-state index contributed by atoms with van der Waals surface area (Å²) in [4.78, 5) is 28.1. The van der Waals surface area contributed by atoms with Crippen molar-refractivity contribution in [3.05, 3.63) is 63.4 Å². The highest BCUT2D eigenvalue weighted by Gasteiger charge is 2.33.